The van der Waals surface area contributed by atoms with E-state index >= 15 is 0 Å². The molecule has 0 spiro atoms. The molecule has 1 N–H and O–H groups in total. The Labute approximate surface area is 96.4 Å². The fourth-order valence-corrected chi connectivity index (χ4v) is 1.46. The Hall–Kier alpha value is -0.0200. The number of hydrogen-bond donors (Lipinski definition) is 1. The molecule has 0 heterocycles. The molecule has 78 valence electrons. The molecule has 0 bridgehead atoms. The molecule has 0 amide bonds. The molecule has 1 nitrogen and oxygen atoms in total. The summed E-state index contributed by atoms with van der Waals surface area (Å²) in [4.78, 5) is -1.06. The van der Waals surface area contributed by atoms with Gasteiger partial charge >= 0.3 is 0 Å². The number of benzene rings is 1. The second-order valence-electron chi connectivity index (χ2n) is 2.85. The standard InChI is InChI=1S/C9H8Cl3FO/c1-4-6(10)3-2-5(7(4)13)8(14)9(11)12/h2-3,8-9,14H,1H3. The third-order valence-corrected chi connectivity index (χ3v) is 2.79. The summed E-state index contributed by atoms with van der Waals surface area (Å²) in [5.74, 6) is -0.573. The van der Waals surface area contributed by atoms with Gasteiger partial charge in [-0.3, -0.25) is 0 Å². The Balaban J connectivity index is 3.17. The summed E-state index contributed by atoms with van der Waals surface area (Å²) in [6, 6.07) is 2.86. The fourth-order valence-electron chi connectivity index (χ4n) is 1.05. The third-order valence-electron chi connectivity index (χ3n) is 1.91. The van der Waals surface area contributed by atoms with Gasteiger partial charge in [-0.15, -0.1) is 23.2 Å². The van der Waals surface area contributed by atoms with Gasteiger partial charge in [0.2, 0.25) is 0 Å². The highest BCUT2D eigenvalue weighted by atomic mass is 35.5. The maximum atomic E-state index is 13.5. The Bertz CT molecular complexity index is 341. The molecule has 0 fully saturated rings. The van der Waals surface area contributed by atoms with Crippen molar-refractivity contribution in [2.75, 3.05) is 0 Å². The van der Waals surface area contributed by atoms with Gasteiger partial charge < -0.3 is 5.11 Å². The van der Waals surface area contributed by atoms with Crippen LogP contribution >= 0.6 is 34.8 Å². The van der Waals surface area contributed by atoms with Crippen LogP contribution in [-0.2, 0) is 0 Å². The summed E-state index contributed by atoms with van der Waals surface area (Å²) in [5, 5.41) is 9.75. The van der Waals surface area contributed by atoms with Crippen LogP contribution in [0.5, 0.6) is 0 Å². The van der Waals surface area contributed by atoms with Crippen molar-refractivity contribution in [3.05, 3.63) is 34.1 Å². The minimum atomic E-state index is -1.24. The monoisotopic (exact) mass is 256 g/mol. The highest BCUT2D eigenvalue weighted by Crippen LogP contribution is 2.30. The van der Waals surface area contributed by atoms with Crippen molar-refractivity contribution in [2.24, 2.45) is 0 Å². The van der Waals surface area contributed by atoms with Crippen LogP contribution in [-0.4, -0.2) is 9.94 Å². The molecule has 0 aromatic heterocycles. The quantitative estimate of drug-likeness (QED) is 0.802. The maximum Gasteiger partial charge on any atom is 0.137 e. The smallest absolute Gasteiger partial charge is 0.137 e. The molecule has 1 aromatic rings. The van der Waals surface area contributed by atoms with E-state index in [9.17, 15) is 9.50 Å². The SMILES string of the molecule is Cc1c(Cl)ccc(C(O)C(Cl)Cl)c1F. The Morgan fingerprint density at radius 2 is 1.93 bits per heavy atom. The molecule has 14 heavy (non-hydrogen) atoms. The van der Waals surface area contributed by atoms with Gasteiger partial charge in [-0.05, 0) is 13.0 Å². The summed E-state index contributed by atoms with van der Waals surface area (Å²) in [6.07, 6.45) is -1.24. The van der Waals surface area contributed by atoms with Crippen LogP contribution < -0.4 is 0 Å². The number of halogens is 4. The lowest BCUT2D eigenvalue weighted by molar-refractivity contribution is 0.187. The van der Waals surface area contributed by atoms with Gasteiger partial charge in [0.05, 0.1) is 0 Å². The first-order valence-corrected chi connectivity index (χ1v) is 5.11. The number of hydrogen-bond acceptors (Lipinski definition) is 1. The lowest BCUT2D eigenvalue weighted by Crippen LogP contribution is -2.09. The molecule has 0 saturated heterocycles. The molecule has 0 aliphatic heterocycles. The van der Waals surface area contributed by atoms with E-state index in [4.69, 9.17) is 34.8 Å². The largest absolute Gasteiger partial charge is 0.385 e. The average Bonchev–Trinajstić information content (AvgIpc) is 2.13. The number of rotatable bonds is 2. The van der Waals surface area contributed by atoms with Crippen molar-refractivity contribution >= 4 is 34.8 Å². The van der Waals surface area contributed by atoms with Gasteiger partial charge in [0, 0.05) is 16.1 Å². The number of alkyl halides is 2. The Kier molecular flexibility index (Phi) is 4.02. The maximum absolute atomic E-state index is 13.5. The predicted octanol–water partition coefficient (Wildman–Crippen LogP) is 3.62. The van der Waals surface area contributed by atoms with Gasteiger partial charge in [-0.25, -0.2) is 4.39 Å². The third kappa shape index (κ3) is 2.31. The Morgan fingerprint density at radius 1 is 1.36 bits per heavy atom. The van der Waals surface area contributed by atoms with E-state index in [1.807, 2.05) is 0 Å². The molecule has 1 rings (SSSR count). The summed E-state index contributed by atoms with van der Waals surface area (Å²) >= 11 is 16.6. The molecule has 0 aliphatic rings. The van der Waals surface area contributed by atoms with E-state index in [0.717, 1.165) is 0 Å². The zero-order chi connectivity index (χ0) is 10.9. The molecule has 0 saturated carbocycles. The van der Waals surface area contributed by atoms with E-state index in [-0.39, 0.29) is 11.1 Å². The molecule has 1 atom stereocenters. The summed E-state index contributed by atoms with van der Waals surface area (Å²) in [7, 11) is 0. The predicted molar refractivity (Wildman–Crippen MR) is 56.6 cm³/mol. The van der Waals surface area contributed by atoms with E-state index in [1.165, 1.54) is 19.1 Å². The van der Waals surface area contributed by atoms with E-state index < -0.39 is 16.8 Å². The van der Waals surface area contributed by atoms with Crippen LogP contribution in [0.15, 0.2) is 12.1 Å². The molecular weight excluding hydrogens is 249 g/mol. The summed E-state index contributed by atoms with van der Waals surface area (Å²) < 4.78 is 13.5. The fraction of sp³-hybridized carbons (Fsp3) is 0.333. The van der Waals surface area contributed by atoms with Crippen LogP contribution in [0, 0.1) is 12.7 Å². The minimum Gasteiger partial charge on any atom is -0.385 e. The lowest BCUT2D eigenvalue weighted by atomic mass is 10.1. The Morgan fingerprint density at radius 3 is 2.43 bits per heavy atom. The highest BCUT2D eigenvalue weighted by Gasteiger charge is 2.21. The van der Waals surface area contributed by atoms with E-state index in [2.05, 4.69) is 0 Å². The van der Waals surface area contributed by atoms with E-state index in [0.29, 0.717) is 5.02 Å². The summed E-state index contributed by atoms with van der Waals surface area (Å²) in [5.41, 5.74) is 0.333. The van der Waals surface area contributed by atoms with Gasteiger partial charge in [0.15, 0.2) is 0 Å². The van der Waals surface area contributed by atoms with Crippen molar-refractivity contribution < 1.29 is 9.50 Å². The first-order valence-electron chi connectivity index (χ1n) is 3.86. The van der Waals surface area contributed by atoms with Gasteiger partial charge in [-0.1, -0.05) is 17.7 Å². The average molecular weight is 258 g/mol. The second kappa shape index (κ2) is 4.67. The van der Waals surface area contributed by atoms with Crippen molar-refractivity contribution in [1.82, 2.24) is 0 Å². The molecule has 0 aliphatic carbocycles. The molecule has 1 aromatic carbocycles. The van der Waals surface area contributed by atoms with Crippen LogP contribution in [0.25, 0.3) is 0 Å². The second-order valence-corrected chi connectivity index (χ2v) is 4.43. The molecule has 1 unspecified atom stereocenters. The van der Waals surface area contributed by atoms with Crippen molar-refractivity contribution in [3.8, 4) is 0 Å². The summed E-state index contributed by atoms with van der Waals surface area (Å²) in [6.45, 7) is 1.52. The molecule has 5 heteroatoms. The number of aliphatic hydroxyl groups is 1. The highest BCUT2D eigenvalue weighted by molar-refractivity contribution is 6.44. The minimum absolute atomic E-state index is 0.0573. The first-order chi connectivity index (χ1) is 6.45. The van der Waals surface area contributed by atoms with Gasteiger partial charge in [0.25, 0.3) is 0 Å². The topological polar surface area (TPSA) is 20.2 Å². The zero-order valence-electron chi connectivity index (χ0n) is 7.27. The van der Waals surface area contributed by atoms with Crippen molar-refractivity contribution in [2.45, 2.75) is 17.9 Å². The first kappa shape index (κ1) is 12.1. The number of aliphatic hydroxyl groups excluding tert-OH is 1. The molecular formula is C9H8Cl3FO. The molecule has 0 radical (unpaired) electrons. The zero-order valence-corrected chi connectivity index (χ0v) is 9.54. The van der Waals surface area contributed by atoms with Crippen LogP contribution in [0.1, 0.15) is 17.2 Å². The van der Waals surface area contributed by atoms with Crippen LogP contribution in [0.2, 0.25) is 5.02 Å². The van der Waals surface area contributed by atoms with Crippen molar-refractivity contribution in [1.29, 1.82) is 0 Å². The van der Waals surface area contributed by atoms with Crippen molar-refractivity contribution in [3.63, 3.8) is 0 Å². The van der Waals surface area contributed by atoms with Gasteiger partial charge in [-0.2, -0.15) is 0 Å². The van der Waals surface area contributed by atoms with Crippen LogP contribution in [0.3, 0.4) is 0 Å². The normalized spacial score (nSPS) is 13.4. The van der Waals surface area contributed by atoms with E-state index in [1.54, 1.807) is 0 Å². The lowest BCUT2D eigenvalue weighted by Gasteiger charge is -2.14. The van der Waals surface area contributed by atoms with Gasteiger partial charge in [0.1, 0.15) is 16.8 Å². The van der Waals surface area contributed by atoms with Crippen LogP contribution in [0.4, 0.5) is 4.39 Å².